The molecule has 0 unspecified atom stereocenters. The molecular weight excluding hydrogens is 370 g/mol. The predicted octanol–water partition coefficient (Wildman–Crippen LogP) is 3.08. The van der Waals surface area contributed by atoms with Crippen molar-refractivity contribution in [3.63, 3.8) is 0 Å². The lowest BCUT2D eigenvalue weighted by molar-refractivity contribution is -0.149. The van der Waals surface area contributed by atoms with E-state index in [0.717, 1.165) is 11.1 Å². The molecule has 7 nitrogen and oxygen atoms in total. The molecule has 2 aromatic heterocycles. The number of carbonyl (C=O) groups is 2. The van der Waals surface area contributed by atoms with Crippen LogP contribution in [-0.4, -0.2) is 47.1 Å². The number of amides is 1. The molecule has 0 bridgehead atoms. The highest BCUT2D eigenvalue weighted by atomic mass is 16.5. The van der Waals surface area contributed by atoms with Gasteiger partial charge in [-0.3, -0.25) is 14.6 Å². The minimum absolute atomic E-state index is 0.213. The zero-order chi connectivity index (χ0) is 20.3. The Morgan fingerprint density at radius 2 is 1.86 bits per heavy atom. The quantitative estimate of drug-likeness (QED) is 0.636. The van der Waals surface area contributed by atoms with Gasteiger partial charge < -0.3 is 14.2 Å². The minimum atomic E-state index is -0.739. The normalized spacial score (nSPS) is 15.7. The third kappa shape index (κ3) is 3.51. The van der Waals surface area contributed by atoms with Crippen molar-refractivity contribution < 1.29 is 18.8 Å². The average Bonchev–Trinajstić information content (AvgIpc) is 3.29. The van der Waals surface area contributed by atoms with Gasteiger partial charge in [0.15, 0.2) is 11.5 Å². The Bertz CT molecular complexity index is 993. The summed E-state index contributed by atoms with van der Waals surface area (Å²) in [6, 6.07) is 14.9. The molecule has 1 saturated heterocycles. The molecule has 0 aliphatic carbocycles. The number of rotatable bonds is 4. The number of nitrogens with zero attached hydrogens (tertiary/aromatic N) is 3. The van der Waals surface area contributed by atoms with Gasteiger partial charge in [0.2, 0.25) is 0 Å². The molecule has 0 N–H and O–H groups in total. The maximum atomic E-state index is 12.9. The van der Waals surface area contributed by atoms with E-state index >= 15 is 0 Å². The van der Waals surface area contributed by atoms with Crippen molar-refractivity contribution in [2.75, 3.05) is 20.2 Å². The van der Waals surface area contributed by atoms with Crippen molar-refractivity contribution in [2.24, 2.45) is 0 Å². The molecule has 7 heteroatoms. The summed E-state index contributed by atoms with van der Waals surface area (Å²) in [6.07, 6.45) is 4.30. The summed E-state index contributed by atoms with van der Waals surface area (Å²) in [4.78, 5) is 31.3. The van der Waals surface area contributed by atoms with Gasteiger partial charge in [-0.05, 0) is 30.5 Å². The van der Waals surface area contributed by atoms with E-state index in [4.69, 9.17) is 9.26 Å². The number of piperidine rings is 1. The van der Waals surface area contributed by atoms with E-state index in [0.29, 0.717) is 31.7 Å². The second-order valence-electron chi connectivity index (χ2n) is 7.05. The van der Waals surface area contributed by atoms with Gasteiger partial charge in [-0.25, -0.2) is 0 Å². The van der Waals surface area contributed by atoms with Crippen LogP contribution in [0.15, 0.2) is 65.4 Å². The molecule has 0 radical (unpaired) electrons. The second-order valence-corrected chi connectivity index (χ2v) is 7.05. The number of hydrogen-bond donors (Lipinski definition) is 0. The first-order valence-electron chi connectivity index (χ1n) is 9.44. The Labute approximate surface area is 168 Å². The predicted molar refractivity (Wildman–Crippen MR) is 105 cm³/mol. The number of esters is 1. The number of hydrogen-bond acceptors (Lipinski definition) is 6. The topological polar surface area (TPSA) is 85.5 Å². The number of carbonyl (C=O) groups excluding carboxylic acids is 2. The second kappa shape index (κ2) is 7.87. The van der Waals surface area contributed by atoms with Gasteiger partial charge >= 0.3 is 5.97 Å². The van der Waals surface area contributed by atoms with Crippen LogP contribution in [0.1, 0.15) is 28.9 Å². The van der Waals surface area contributed by atoms with Gasteiger partial charge in [0.1, 0.15) is 0 Å². The van der Waals surface area contributed by atoms with Gasteiger partial charge in [-0.15, -0.1) is 0 Å². The van der Waals surface area contributed by atoms with Crippen LogP contribution in [0, 0.1) is 0 Å². The number of methoxy groups -OCH3 is 1. The summed E-state index contributed by atoms with van der Waals surface area (Å²) in [5.74, 6) is 0.0122. The van der Waals surface area contributed by atoms with Crippen LogP contribution in [0.3, 0.4) is 0 Å². The Morgan fingerprint density at radius 1 is 1.10 bits per heavy atom. The molecule has 1 aliphatic heterocycles. The van der Waals surface area contributed by atoms with E-state index in [1.807, 2.05) is 36.4 Å². The van der Waals surface area contributed by atoms with Crippen molar-refractivity contribution in [3.8, 4) is 11.3 Å². The van der Waals surface area contributed by atoms with E-state index in [2.05, 4.69) is 10.1 Å². The Balaban J connectivity index is 1.51. The Morgan fingerprint density at radius 3 is 2.52 bits per heavy atom. The van der Waals surface area contributed by atoms with Crippen LogP contribution < -0.4 is 0 Å². The molecule has 1 amide bonds. The van der Waals surface area contributed by atoms with Crippen LogP contribution >= 0.6 is 0 Å². The van der Waals surface area contributed by atoms with Crippen molar-refractivity contribution in [1.29, 1.82) is 0 Å². The molecule has 1 aliphatic rings. The van der Waals surface area contributed by atoms with E-state index in [1.54, 1.807) is 29.4 Å². The molecule has 0 spiro atoms. The molecular formula is C22H21N3O4. The summed E-state index contributed by atoms with van der Waals surface area (Å²) < 4.78 is 10.4. The minimum Gasteiger partial charge on any atom is -0.468 e. The van der Waals surface area contributed by atoms with Crippen molar-refractivity contribution in [3.05, 3.63) is 72.2 Å². The maximum absolute atomic E-state index is 12.9. The van der Waals surface area contributed by atoms with E-state index in [-0.39, 0.29) is 17.6 Å². The monoisotopic (exact) mass is 391 g/mol. The van der Waals surface area contributed by atoms with Crippen LogP contribution in [0.5, 0.6) is 0 Å². The molecule has 3 aromatic rings. The Kier molecular flexibility index (Phi) is 5.12. The Hall–Kier alpha value is -3.48. The first-order valence-corrected chi connectivity index (χ1v) is 9.44. The fourth-order valence-corrected chi connectivity index (χ4v) is 3.84. The zero-order valence-electron chi connectivity index (χ0n) is 16.1. The third-order valence-corrected chi connectivity index (χ3v) is 5.48. The van der Waals surface area contributed by atoms with E-state index in [9.17, 15) is 9.59 Å². The lowest BCUT2D eigenvalue weighted by Crippen LogP contribution is -2.49. The lowest BCUT2D eigenvalue weighted by atomic mass is 9.72. The summed E-state index contributed by atoms with van der Waals surface area (Å²) in [7, 11) is 1.40. The number of ether oxygens (including phenoxy) is 1. The van der Waals surface area contributed by atoms with Crippen molar-refractivity contribution in [1.82, 2.24) is 15.0 Å². The molecule has 1 fully saturated rings. The maximum Gasteiger partial charge on any atom is 0.316 e. The van der Waals surface area contributed by atoms with Crippen LogP contribution in [0.25, 0.3) is 11.3 Å². The molecule has 29 heavy (non-hydrogen) atoms. The van der Waals surface area contributed by atoms with Gasteiger partial charge in [-0.2, -0.15) is 0 Å². The zero-order valence-corrected chi connectivity index (χ0v) is 16.1. The summed E-state index contributed by atoms with van der Waals surface area (Å²) in [5, 5.41) is 3.93. The third-order valence-electron chi connectivity index (χ3n) is 5.48. The largest absolute Gasteiger partial charge is 0.468 e. The molecule has 1 aromatic carbocycles. The highest BCUT2D eigenvalue weighted by molar-refractivity contribution is 5.93. The lowest BCUT2D eigenvalue weighted by Gasteiger charge is -2.39. The number of benzene rings is 1. The molecule has 0 saturated carbocycles. The SMILES string of the molecule is COC(=O)C1(c2ccccc2)CCN(C(=O)c2cc(-c3cccnc3)on2)CC1. The summed E-state index contributed by atoms with van der Waals surface area (Å²) >= 11 is 0. The van der Waals surface area contributed by atoms with Gasteiger partial charge in [0.05, 0.1) is 12.5 Å². The molecule has 0 atom stereocenters. The van der Waals surface area contributed by atoms with Crippen LogP contribution in [-0.2, 0) is 14.9 Å². The highest BCUT2D eigenvalue weighted by Crippen LogP contribution is 2.37. The number of likely N-dealkylation sites (tertiary alicyclic amines) is 1. The van der Waals surface area contributed by atoms with Crippen LogP contribution in [0.2, 0.25) is 0 Å². The highest BCUT2D eigenvalue weighted by Gasteiger charge is 2.45. The smallest absolute Gasteiger partial charge is 0.316 e. The first-order chi connectivity index (χ1) is 14.1. The number of aromatic nitrogens is 2. The summed E-state index contributed by atoms with van der Waals surface area (Å²) in [5.41, 5.74) is 1.18. The van der Waals surface area contributed by atoms with Crippen molar-refractivity contribution in [2.45, 2.75) is 18.3 Å². The van der Waals surface area contributed by atoms with Gasteiger partial charge in [0.25, 0.3) is 5.91 Å². The molecule has 3 heterocycles. The fourth-order valence-electron chi connectivity index (χ4n) is 3.84. The van der Waals surface area contributed by atoms with E-state index in [1.165, 1.54) is 7.11 Å². The standard InChI is InChI=1S/C22H21N3O4/c1-28-21(27)22(17-7-3-2-4-8-17)9-12-25(13-10-22)20(26)18-14-19(29-24-18)16-6-5-11-23-15-16/h2-8,11,14-15H,9-10,12-13H2,1H3. The molecule has 4 rings (SSSR count). The van der Waals surface area contributed by atoms with Crippen molar-refractivity contribution >= 4 is 11.9 Å². The van der Waals surface area contributed by atoms with Gasteiger partial charge in [0, 0.05) is 37.1 Å². The average molecular weight is 391 g/mol. The van der Waals surface area contributed by atoms with Crippen LogP contribution in [0.4, 0.5) is 0 Å². The van der Waals surface area contributed by atoms with E-state index < -0.39 is 5.41 Å². The first kappa shape index (κ1) is 18.9. The summed E-state index contributed by atoms with van der Waals surface area (Å²) in [6.45, 7) is 0.857. The number of pyridine rings is 1. The van der Waals surface area contributed by atoms with Gasteiger partial charge in [-0.1, -0.05) is 35.5 Å². The fraction of sp³-hybridized carbons (Fsp3) is 0.273. The molecule has 148 valence electrons.